The van der Waals surface area contributed by atoms with Crippen molar-refractivity contribution in [2.75, 3.05) is 24.4 Å². The van der Waals surface area contributed by atoms with Gasteiger partial charge in [0.25, 0.3) is 11.8 Å². The minimum Gasteiger partial charge on any atom is -0.497 e. The lowest BCUT2D eigenvalue weighted by molar-refractivity contribution is -0.120. The number of carbonyl (C=O) groups excluding carboxylic acids is 2. The molecule has 3 aromatic rings. The van der Waals surface area contributed by atoms with Crippen LogP contribution >= 0.6 is 11.6 Å². The van der Waals surface area contributed by atoms with E-state index in [0.29, 0.717) is 39.0 Å². The smallest absolute Gasteiger partial charge is 0.282 e. The van der Waals surface area contributed by atoms with Crippen LogP contribution in [0.5, 0.6) is 11.5 Å². The second kappa shape index (κ2) is 8.96. The van der Waals surface area contributed by atoms with Gasteiger partial charge in [0, 0.05) is 28.9 Å². The predicted molar refractivity (Wildman–Crippen MR) is 125 cm³/mol. The van der Waals surface area contributed by atoms with Gasteiger partial charge in [-0.2, -0.15) is 0 Å². The van der Waals surface area contributed by atoms with Crippen LogP contribution in [-0.2, 0) is 9.59 Å². The summed E-state index contributed by atoms with van der Waals surface area (Å²) < 4.78 is 24.2. The molecule has 1 heterocycles. The standard InChI is InChI=1S/C25H20ClFN2O4/c1-14-20(26)5-4-6-21(14)29-24(30)22(15-7-9-16(27)10-8-15)23(25(29)31)28-17-11-18(32-2)13-19(12-17)33-3/h4-13,28H,1-3H3. The van der Waals surface area contributed by atoms with Gasteiger partial charge in [0.15, 0.2) is 0 Å². The van der Waals surface area contributed by atoms with Gasteiger partial charge in [0.2, 0.25) is 0 Å². The summed E-state index contributed by atoms with van der Waals surface area (Å²) in [5, 5.41) is 3.47. The number of hydrogen-bond donors (Lipinski definition) is 1. The molecular weight excluding hydrogens is 447 g/mol. The van der Waals surface area contributed by atoms with Crippen molar-refractivity contribution in [1.29, 1.82) is 0 Å². The fraction of sp³-hybridized carbons (Fsp3) is 0.120. The molecule has 0 saturated carbocycles. The number of carbonyl (C=O) groups is 2. The molecule has 0 unspecified atom stereocenters. The quantitative estimate of drug-likeness (QED) is 0.506. The average molecular weight is 467 g/mol. The molecule has 0 saturated heterocycles. The van der Waals surface area contributed by atoms with Crippen molar-refractivity contribution in [3.8, 4) is 11.5 Å². The highest BCUT2D eigenvalue weighted by Crippen LogP contribution is 2.37. The first-order valence-corrected chi connectivity index (χ1v) is 10.4. The van der Waals surface area contributed by atoms with Crippen molar-refractivity contribution in [2.45, 2.75) is 6.92 Å². The molecule has 4 rings (SSSR count). The number of amides is 2. The zero-order valence-corrected chi connectivity index (χ0v) is 18.9. The SMILES string of the molecule is COc1cc(NC2=C(c3ccc(F)cc3)C(=O)N(c3cccc(Cl)c3C)C2=O)cc(OC)c1. The summed E-state index contributed by atoms with van der Waals surface area (Å²) in [5.74, 6) is -0.563. The molecule has 0 fully saturated rings. The largest absolute Gasteiger partial charge is 0.497 e. The van der Waals surface area contributed by atoms with Crippen LogP contribution in [-0.4, -0.2) is 26.0 Å². The number of imide groups is 1. The van der Waals surface area contributed by atoms with Crippen molar-refractivity contribution >= 4 is 40.4 Å². The number of methoxy groups -OCH3 is 2. The van der Waals surface area contributed by atoms with Gasteiger partial charge in [0.05, 0.1) is 25.5 Å². The molecule has 1 aliphatic heterocycles. The number of halogens is 2. The van der Waals surface area contributed by atoms with Gasteiger partial charge in [-0.3, -0.25) is 9.59 Å². The summed E-state index contributed by atoms with van der Waals surface area (Å²) in [4.78, 5) is 28.2. The van der Waals surface area contributed by atoms with E-state index >= 15 is 0 Å². The maximum Gasteiger partial charge on any atom is 0.282 e. The van der Waals surface area contributed by atoms with E-state index in [9.17, 15) is 14.0 Å². The lowest BCUT2D eigenvalue weighted by Gasteiger charge is -2.18. The van der Waals surface area contributed by atoms with Crippen LogP contribution in [0.25, 0.3) is 5.57 Å². The van der Waals surface area contributed by atoms with Crippen LogP contribution in [0, 0.1) is 12.7 Å². The lowest BCUT2D eigenvalue weighted by atomic mass is 10.0. The number of nitrogens with one attached hydrogen (secondary N) is 1. The van der Waals surface area contributed by atoms with Crippen molar-refractivity contribution in [1.82, 2.24) is 0 Å². The van der Waals surface area contributed by atoms with E-state index in [1.807, 2.05) is 0 Å². The minimum atomic E-state index is -0.563. The minimum absolute atomic E-state index is 0.0429. The molecule has 168 valence electrons. The summed E-state index contributed by atoms with van der Waals surface area (Å²) in [6.07, 6.45) is 0. The molecule has 1 aliphatic rings. The summed E-state index contributed by atoms with van der Waals surface area (Å²) in [6.45, 7) is 1.73. The number of anilines is 2. The van der Waals surface area contributed by atoms with Crippen LogP contribution in [0.1, 0.15) is 11.1 Å². The Morgan fingerprint density at radius 2 is 1.55 bits per heavy atom. The van der Waals surface area contributed by atoms with Gasteiger partial charge in [-0.05, 0) is 42.3 Å². The Balaban J connectivity index is 1.86. The molecule has 3 aromatic carbocycles. The van der Waals surface area contributed by atoms with Crippen molar-refractivity contribution in [3.63, 3.8) is 0 Å². The Labute approximate surface area is 195 Å². The van der Waals surface area contributed by atoms with Gasteiger partial charge in [-0.15, -0.1) is 0 Å². The topological polar surface area (TPSA) is 67.9 Å². The molecule has 0 aromatic heterocycles. The highest BCUT2D eigenvalue weighted by Gasteiger charge is 2.41. The van der Waals surface area contributed by atoms with E-state index in [1.54, 1.807) is 43.3 Å². The normalized spacial score (nSPS) is 13.5. The average Bonchev–Trinajstić information content (AvgIpc) is 3.05. The van der Waals surface area contributed by atoms with Gasteiger partial charge in [-0.1, -0.05) is 29.8 Å². The van der Waals surface area contributed by atoms with Gasteiger partial charge >= 0.3 is 0 Å². The first kappa shape index (κ1) is 22.4. The molecular formula is C25H20ClFN2O4. The lowest BCUT2D eigenvalue weighted by Crippen LogP contribution is -2.33. The fourth-order valence-corrected chi connectivity index (χ4v) is 3.78. The Hall–Kier alpha value is -3.84. The van der Waals surface area contributed by atoms with E-state index in [0.717, 1.165) is 4.90 Å². The van der Waals surface area contributed by atoms with E-state index in [2.05, 4.69) is 5.32 Å². The third kappa shape index (κ3) is 4.15. The molecule has 0 bridgehead atoms. The molecule has 8 heteroatoms. The summed E-state index contributed by atoms with van der Waals surface area (Å²) in [5.41, 5.74) is 1.99. The summed E-state index contributed by atoms with van der Waals surface area (Å²) in [7, 11) is 3.02. The van der Waals surface area contributed by atoms with E-state index in [4.69, 9.17) is 21.1 Å². The third-order valence-electron chi connectivity index (χ3n) is 5.32. The Bertz CT molecular complexity index is 1270. The molecule has 33 heavy (non-hydrogen) atoms. The van der Waals surface area contributed by atoms with Gasteiger partial charge in [-0.25, -0.2) is 9.29 Å². The van der Waals surface area contributed by atoms with Crippen LogP contribution in [0.15, 0.2) is 66.4 Å². The number of rotatable bonds is 6. The molecule has 0 aliphatic carbocycles. The molecule has 6 nitrogen and oxygen atoms in total. The van der Waals surface area contributed by atoms with Gasteiger partial charge < -0.3 is 14.8 Å². The van der Waals surface area contributed by atoms with Gasteiger partial charge in [0.1, 0.15) is 23.0 Å². The zero-order valence-electron chi connectivity index (χ0n) is 18.1. The van der Waals surface area contributed by atoms with Crippen LogP contribution in [0.4, 0.5) is 15.8 Å². The number of nitrogens with zero attached hydrogens (tertiary/aromatic N) is 1. The fourth-order valence-electron chi connectivity index (χ4n) is 3.61. The predicted octanol–water partition coefficient (Wildman–Crippen LogP) is 5.20. The van der Waals surface area contributed by atoms with Crippen LogP contribution in [0.2, 0.25) is 5.02 Å². The molecule has 0 radical (unpaired) electrons. The van der Waals surface area contributed by atoms with Crippen molar-refractivity contribution in [2.24, 2.45) is 0 Å². The second-order valence-corrected chi connectivity index (χ2v) is 7.72. The van der Waals surface area contributed by atoms with Crippen LogP contribution in [0.3, 0.4) is 0 Å². The molecule has 0 atom stereocenters. The highest BCUT2D eigenvalue weighted by atomic mass is 35.5. The summed E-state index contributed by atoms with van der Waals surface area (Å²) >= 11 is 6.24. The Morgan fingerprint density at radius 3 is 2.15 bits per heavy atom. The van der Waals surface area contributed by atoms with E-state index < -0.39 is 17.6 Å². The Kier molecular flexibility index (Phi) is 6.07. The summed E-state index contributed by atoms with van der Waals surface area (Å²) in [6, 6.07) is 15.4. The maximum absolute atomic E-state index is 13.6. The first-order valence-electron chi connectivity index (χ1n) is 9.98. The molecule has 0 spiro atoms. The number of ether oxygens (including phenoxy) is 2. The highest BCUT2D eigenvalue weighted by molar-refractivity contribution is 6.46. The molecule has 1 N–H and O–H groups in total. The number of benzene rings is 3. The first-order chi connectivity index (χ1) is 15.8. The van der Waals surface area contributed by atoms with Crippen molar-refractivity contribution < 1.29 is 23.5 Å². The van der Waals surface area contributed by atoms with Crippen molar-refractivity contribution in [3.05, 3.63) is 88.3 Å². The van der Waals surface area contributed by atoms with Crippen LogP contribution < -0.4 is 19.7 Å². The molecule has 2 amide bonds. The van der Waals surface area contributed by atoms with E-state index in [-0.39, 0.29) is 11.3 Å². The maximum atomic E-state index is 13.6. The zero-order chi connectivity index (χ0) is 23.7. The monoisotopic (exact) mass is 466 g/mol. The van der Waals surface area contributed by atoms with E-state index in [1.165, 1.54) is 38.5 Å². The third-order valence-corrected chi connectivity index (χ3v) is 5.73. The number of hydrogen-bond acceptors (Lipinski definition) is 5. The Morgan fingerprint density at radius 1 is 0.909 bits per heavy atom. The second-order valence-electron chi connectivity index (χ2n) is 7.31.